The number of hydrogen-bond acceptors (Lipinski definition) is 9. The Bertz CT molecular complexity index is 692. The summed E-state index contributed by atoms with van der Waals surface area (Å²) >= 11 is 0. The molecule has 9 nitrogen and oxygen atoms in total. The first-order valence-electron chi connectivity index (χ1n) is 12.2. The van der Waals surface area contributed by atoms with Crippen molar-refractivity contribution >= 4 is 17.9 Å². The van der Waals surface area contributed by atoms with Crippen LogP contribution in [0.15, 0.2) is 36.5 Å². The molecule has 0 spiro atoms. The van der Waals surface area contributed by atoms with E-state index >= 15 is 0 Å². The lowest BCUT2D eigenvalue weighted by atomic mass is 9.76. The second kappa shape index (κ2) is 15.6. The number of esters is 3. The third kappa shape index (κ3) is 12.5. The van der Waals surface area contributed by atoms with Crippen LogP contribution in [0, 0.1) is 17.8 Å². The molecule has 0 bridgehead atoms. The van der Waals surface area contributed by atoms with E-state index in [1.807, 2.05) is 0 Å². The van der Waals surface area contributed by atoms with Gasteiger partial charge in [-0.1, -0.05) is 19.7 Å². The minimum absolute atomic E-state index is 0.161. The molecule has 0 aliphatic heterocycles. The van der Waals surface area contributed by atoms with Crippen LogP contribution in [-0.4, -0.2) is 56.6 Å². The van der Waals surface area contributed by atoms with Crippen LogP contribution in [0.3, 0.4) is 0 Å². The molecule has 0 amide bonds. The van der Waals surface area contributed by atoms with E-state index < -0.39 is 36.8 Å². The van der Waals surface area contributed by atoms with Crippen molar-refractivity contribution in [2.24, 2.45) is 17.8 Å². The first kappa shape index (κ1) is 31.5. The summed E-state index contributed by atoms with van der Waals surface area (Å²) in [4.78, 5) is 35.2. The van der Waals surface area contributed by atoms with Gasteiger partial charge in [0, 0.05) is 16.7 Å². The average Bonchev–Trinajstić information content (AvgIpc) is 2.79. The monoisotopic (exact) mass is 510 g/mol. The van der Waals surface area contributed by atoms with Gasteiger partial charge in [0.15, 0.2) is 18.9 Å². The molecule has 0 N–H and O–H groups in total. The van der Waals surface area contributed by atoms with Gasteiger partial charge < -0.3 is 28.4 Å². The SMILES string of the molecule is C=C(C)C(=O)OC(C)OCC1CC(COC(C)OC(=O)C(=C)C)CC(COC(C)OC(=O)C(=C)C)C1. The van der Waals surface area contributed by atoms with Crippen LogP contribution in [0.2, 0.25) is 0 Å². The van der Waals surface area contributed by atoms with E-state index in [1.165, 1.54) is 0 Å². The lowest BCUT2D eigenvalue weighted by molar-refractivity contribution is -0.179. The molecule has 0 aromatic rings. The summed E-state index contributed by atoms with van der Waals surface area (Å²) in [6.45, 7) is 21.6. The highest BCUT2D eigenvalue weighted by molar-refractivity contribution is 5.87. The van der Waals surface area contributed by atoms with E-state index in [9.17, 15) is 14.4 Å². The molecule has 3 atom stereocenters. The highest BCUT2D eigenvalue weighted by Gasteiger charge is 2.31. The van der Waals surface area contributed by atoms with Gasteiger partial charge in [0.2, 0.25) is 0 Å². The molecule has 1 aliphatic carbocycles. The fraction of sp³-hybridized carbons (Fsp3) is 0.667. The van der Waals surface area contributed by atoms with Crippen LogP contribution in [0.5, 0.6) is 0 Å². The van der Waals surface area contributed by atoms with Crippen LogP contribution in [0.25, 0.3) is 0 Å². The van der Waals surface area contributed by atoms with E-state index in [0.29, 0.717) is 36.5 Å². The zero-order valence-corrected chi connectivity index (χ0v) is 22.5. The van der Waals surface area contributed by atoms with Crippen LogP contribution >= 0.6 is 0 Å². The molecule has 0 heterocycles. The van der Waals surface area contributed by atoms with Crippen molar-refractivity contribution in [3.8, 4) is 0 Å². The van der Waals surface area contributed by atoms with Crippen molar-refractivity contribution in [2.75, 3.05) is 19.8 Å². The first-order valence-corrected chi connectivity index (χ1v) is 12.2. The quantitative estimate of drug-likeness (QED) is 0.137. The van der Waals surface area contributed by atoms with Gasteiger partial charge in [0.25, 0.3) is 0 Å². The van der Waals surface area contributed by atoms with Gasteiger partial charge in [-0.05, 0) is 78.6 Å². The third-order valence-corrected chi connectivity index (χ3v) is 5.56. The van der Waals surface area contributed by atoms with E-state index in [-0.39, 0.29) is 17.8 Å². The molecular weight excluding hydrogens is 468 g/mol. The van der Waals surface area contributed by atoms with Crippen molar-refractivity contribution in [3.05, 3.63) is 36.5 Å². The number of ether oxygens (including phenoxy) is 6. The summed E-state index contributed by atoms with van der Waals surface area (Å²) in [5.74, 6) is -1.02. The van der Waals surface area contributed by atoms with Gasteiger partial charge in [-0.25, -0.2) is 14.4 Å². The molecule has 1 fully saturated rings. The Labute approximate surface area is 214 Å². The Morgan fingerprint density at radius 1 is 0.583 bits per heavy atom. The summed E-state index contributed by atoms with van der Waals surface area (Å²) in [6, 6.07) is 0. The zero-order valence-electron chi connectivity index (χ0n) is 22.5. The molecule has 1 saturated carbocycles. The first-order chi connectivity index (χ1) is 16.8. The van der Waals surface area contributed by atoms with Crippen LogP contribution < -0.4 is 0 Å². The Hall–Kier alpha value is -2.49. The molecule has 1 rings (SSSR count). The molecule has 0 radical (unpaired) electrons. The summed E-state index contributed by atoms with van der Waals surface area (Å²) in [6.07, 6.45) is 0.341. The van der Waals surface area contributed by atoms with Crippen molar-refractivity contribution < 1.29 is 42.8 Å². The molecule has 1 aliphatic rings. The highest BCUT2D eigenvalue weighted by atomic mass is 16.7. The second-order valence-corrected chi connectivity index (χ2v) is 9.56. The van der Waals surface area contributed by atoms with Crippen molar-refractivity contribution in [2.45, 2.75) is 79.7 Å². The number of rotatable bonds is 15. The molecule has 36 heavy (non-hydrogen) atoms. The molecule has 0 saturated heterocycles. The lowest BCUT2D eigenvalue weighted by Gasteiger charge is -2.35. The number of carbonyl (C=O) groups is 3. The fourth-order valence-corrected chi connectivity index (χ4v) is 3.78. The fourth-order valence-electron chi connectivity index (χ4n) is 3.78. The lowest BCUT2D eigenvalue weighted by Crippen LogP contribution is -2.34. The molecule has 0 aromatic carbocycles. The second-order valence-electron chi connectivity index (χ2n) is 9.56. The minimum atomic E-state index is -0.705. The topological polar surface area (TPSA) is 107 Å². The van der Waals surface area contributed by atoms with E-state index in [1.54, 1.807) is 41.5 Å². The van der Waals surface area contributed by atoms with Crippen LogP contribution in [0.1, 0.15) is 60.8 Å². The van der Waals surface area contributed by atoms with Gasteiger partial charge in [0.05, 0.1) is 19.8 Å². The summed E-state index contributed by atoms with van der Waals surface area (Å²) in [7, 11) is 0. The number of carbonyl (C=O) groups excluding carboxylic acids is 3. The smallest absolute Gasteiger partial charge is 0.335 e. The third-order valence-electron chi connectivity index (χ3n) is 5.56. The van der Waals surface area contributed by atoms with Crippen molar-refractivity contribution in [1.82, 2.24) is 0 Å². The van der Waals surface area contributed by atoms with Crippen LogP contribution in [-0.2, 0) is 42.8 Å². The predicted octanol–water partition coefficient (Wildman–Crippen LogP) is 4.46. The maximum atomic E-state index is 11.7. The largest absolute Gasteiger partial charge is 0.433 e. The normalized spacial score (nSPS) is 22.0. The maximum absolute atomic E-state index is 11.7. The molecule has 0 aromatic heterocycles. The van der Waals surface area contributed by atoms with E-state index in [0.717, 1.165) is 19.3 Å². The zero-order chi connectivity index (χ0) is 27.4. The summed E-state index contributed by atoms with van der Waals surface area (Å²) < 4.78 is 33.0. The average molecular weight is 511 g/mol. The molecule has 3 unspecified atom stereocenters. The summed E-state index contributed by atoms with van der Waals surface area (Å²) in [5.41, 5.74) is 0.918. The molecular formula is C27H42O9. The maximum Gasteiger partial charge on any atom is 0.335 e. The van der Waals surface area contributed by atoms with Gasteiger partial charge in [-0.2, -0.15) is 0 Å². The van der Waals surface area contributed by atoms with Crippen molar-refractivity contribution in [3.63, 3.8) is 0 Å². The predicted molar refractivity (Wildman–Crippen MR) is 133 cm³/mol. The molecule has 9 heteroatoms. The Morgan fingerprint density at radius 2 is 0.806 bits per heavy atom. The van der Waals surface area contributed by atoms with Crippen molar-refractivity contribution in [1.29, 1.82) is 0 Å². The summed E-state index contributed by atoms with van der Waals surface area (Å²) in [5, 5.41) is 0. The Kier molecular flexibility index (Phi) is 13.7. The van der Waals surface area contributed by atoms with Gasteiger partial charge in [-0.15, -0.1) is 0 Å². The van der Waals surface area contributed by atoms with Gasteiger partial charge in [-0.3, -0.25) is 0 Å². The minimum Gasteiger partial charge on any atom is -0.433 e. The molecule has 204 valence electrons. The standard InChI is InChI=1S/C27H42O9/c1-16(2)25(28)34-19(7)31-13-22-10-23(14-32-20(8)35-26(29)17(3)4)12-24(11-22)15-33-21(9)36-27(30)18(5)6/h19-24H,1,3,5,10-15H2,2,4,6-9H3. The van der Waals surface area contributed by atoms with Crippen LogP contribution in [0.4, 0.5) is 0 Å². The Morgan fingerprint density at radius 3 is 1.00 bits per heavy atom. The number of hydrogen-bond donors (Lipinski definition) is 0. The van der Waals surface area contributed by atoms with Gasteiger partial charge >= 0.3 is 17.9 Å². The highest BCUT2D eigenvalue weighted by Crippen LogP contribution is 2.35. The van der Waals surface area contributed by atoms with E-state index in [4.69, 9.17) is 28.4 Å². The van der Waals surface area contributed by atoms with E-state index in [2.05, 4.69) is 19.7 Å². The van der Waals surface area contributed by atoms with Gasteiger partial charge in [0.1, 0.15) is 0 Å². The Balaban J connectivity index is 2.70.